The fraction of sp³-hybridized carbons (Fsp3) is 0.222. The fourth-order valence-electron chi connectivity index (χ4n) is 1.84. The van der Waals surface area contributed by atoms with Crippen molar-refractivity contribution in [1.82, 2.24) is 9.88 Å². The highest BCUT2D eigenvalue weighted by Crippen LogP contribution is 2.02. The number of carbonyl (C=O) groups is 1. The number of carbonyl (C=O) groups excluding carboxylic acids is 1. The van der Waals surface area contributed by atoms with Gasteiger partial charge in [-0.1, -0.05) is 42.3 Å². The van der Waals surface area contributed by atoms with Crippen molar-refractivity contribution < 1.29 is 4.79 Å². The molecule has 1 amide bonds. The molecular formula is C18H18N2O. The summed E-state index contributed by atoms with van der Waals surface area (Å²) in [5, 5.41) is 0. The quantitative estimate of drug-likeness (QED) is 0.805. The Labute approximate surface area is 125 Å². The Bertz CT molecular complexity index is 627. The average molecular weight is 278 g/mol. The number of aromatic nitrogens is 1. The number of amides is 1. The van der Waals surface area contributed by atoms with Crippen molar-refractivity contribution in [1.29, 1.82) is 0 Å². The minimum atomic E-state index is 0.112. The molecule has 0 aliphatic heterocycles. The molecule has 1 heterocycles. The van der Waals surface area contributed by atoms with E-state index in [1.54, 1.807) is 11.1 Å². The summed E-state index contributed by atoms with van der Waals surface area (Å²) in [6, 6.07) is 15.4. The number of benzene rings is 1. The molecule has 0 spiro atoms. The van der Waals surface area contributed by atoms with E-state index >= 15 is 0 Å². The second-order valence-corrected chi connectivity index (χ2v) is 4.74. The first kappa shape index (κ1) is 14.8. The van der Waals surface area contributed by atoms with Gasteiger partial charge in [-0.25, -0.2) is 4.98 Å². The maximum Gasteiger partial charge on any atom is 0.226 e. The summed E-state index contributed by atoms with van der Waals surface area (Å²) in [4.78, 5) is 17.9. The van der Waals surface area contributed by atoms with Crippen molar-refractivity contribution in [3.63, 3.8) is 0 Å². The predicted octanol–water partition coefficient (Wildman–Crippen LogP) is 2.52. The zero-order chi connectivity index (χ0) is 14.9. The van der Waals surface area contributed by atoms with Crippen molar-refractivity contribution in [2.75, 3.05) is 13.6 Å². The van der Waals surface area contributed by atoms with Crippen LogP contribution in [0.25, 0.3) is 0 Å². The van der Waals surface area contributed by atoms with Crippen LogP contribution < -0.4 is 0 Å². The molecule has 2 rings (SSSR count). The summed E-state index contributed by atoms with van der Waals surface area (Å²) in [5.41, 5.74) is 1.80. The molecule has 0 fully saturated rings. The molecule has 106 valence electrons. The molecule has 3 nitrogen and oxygen atoms in total. The third kappa shape index (κ3) is 5.12. The highest BCUT2D eigenvalue weighted by molar-refractivity contribution is 5.78. The van der Waals surface area contributed by atoms with E-state index in [1.165, 1.54) is 0 Å². The zero-order valence-corrected chi connectivity index (χ0v) is 12.1. The van der Waals surface area contributed by atoms with Gasteiger partial charge >= 0.3 is 0 Å². The largest absolute Gasteiger partial charge is 0.345 e. The van der Waals surface area contributed by atoms with E-state index in [0.717, 1.165) is 11.3 Å². The molecule has 0 radical (unpaired) electrons. The predicted molar refractivity (Wildman–Crippen MR) is 83.5 cm³/mol. The normalized spacial score (nSPS) is 9.57. The van der Waals surface area contributed by atoms with Crippen LogP contribution >= 0.6 is 0 Å². The molecule has 0 N–H and O–H groups in total. The van der Waals surface area contributed by atoms with Gasteiger partial charge in [0.05, 0.1) is 6.42 Å². The van der Waals surface area contributed by atoms with Crippen LogP contribution in [0.15, 0.2) is 54.7 Å². The highest BCUT2D eigenvalue weighted by atomic mass is 16.2. The standard InChI is InChI=1S/C18H18N2O/c1-20(18(21)15-16-9-3-2-4-10-16)14-8-6-12-17-11-5-7-13-19-17/h2-5,7,9-11,13H,8,14-15H2,1H3. The van der Waals surface area contributed by atoms with E-state index < -0.39 is 0 Å². The van der Waals surface area contributed by atoms with Gasteiger partial charge in [-0.2, -0.15) is 0 Å². The first-order valence-corrected chi connectivity index (χ1v) is 6.93. The first-order valence-electron chi connectivity index (χ1n) is 6.93. The lowest BCUT2D eigenvalue weighted by Crippen LogP contribution is -2.28. The molecule has 21 heavy (non-hydrogen) atoms. The number of nitrogens with zero attached hydrogens (tertiary/aromatic N) is 2. The molecule has 1 aromatic carbocycles. The van der Waals surface area contributed by atoms with Crippen LogP contribution in [0.3, 0.4) is 0 Å². The third-order valence-corrected chi connectivity index (χ3v) is 3.08. The molecule has 0 bridgehead atoms. The van der Waals surface area contributed by atoms with Gasteiger partial charge in [0, 0.05) is 26.2 Å². The van der Waals surface area contributed by atoms with Gasteiger partial charge in [0.15, 0.2) is 0 Å². The number of hydrogen-bond donors (Lipinski definition) is 0. The Balaban J connectivity index is 1.78. The Morgan fingerprint density at radius 2 is 1.90 bits per heavy atom. The lowest BCUT2D eigenvalue weighted by atomic mass is 10.1. The van der Waals surface area contributed by atoms with E-state index in [2.05, 4.69) is 16.8 Å². The van der Waals surface area contributed by atoms with Gasteiger partial charge in [0.25, 0.3) is 0 Å². The van der Waals surface area contributed by atoms with E-state index in [9.17, 15) is 4.79 Å². The van der Waals surface area contributed by atoms with Crippen molar-refractivity contribution in [2.45, 2.75) is 12.8 Å². The molecule has 3 heteroatoms. The Hall–Kier alpha value is -2.60. The molecule has 0 atom stereocenters. The van der Waals surface area contributed by atoms with Crippen molar-refractivity contribution in [3.05, 3.63) is 66.0 Å². The minimum absolute atomic E-state index is 0.112. The molecule has 0 aliphatic rings. The molecule has 1 aromatic heterocycles. The van der Waals surface area contributed by atoms with Crippen LogP contribution in [0.5, 0.6) is 0 Å². The lowest BCUT2D eigenvalue weighted by molar-refractivity contribution is -0.129. The summed E-state index contributed by atoms with van der Waals surface area (Å²) in [5.74, 6) is 6.15. The summed E-state index contributed by atoms with van der Waals surface area (Å²) < 4.78 is 0. The molecule has 0 aliphatic carbocycles. The number of pyridine rings is 1. The molecule has 0 saturated carbocycles. The fourth-order valence-corrected chi connectivity index (χ4v) is 1.84. The highest BCUT2D eigenvalue weighted by Gasteiger charge is 2.08. The number of hydrogen-bond acceptors (Lipinski definition) is 2. The summed E-state index contributed by atoms with van der Waals surface area (Å²) in [7, 11) is 1.81. The maximum absolute atomic E-state index is 12.0. The van der Waals surface area contributed by atoms with Crippen molar-refractivity contribution >= 4 is 5.91 Å². The minimum Gasteiger partial charge on any atom is -0.345 e. The lowest BCUT2D eigenvalue weighted by Gasteiger charge is -2.15. The molecule has 0 unspecified atom stereocenters. The van der Waals surface area contributed by atoms with Gasteiger partial charge in [-0.3, -0.25) is 4.79 Å². The second kappa shape index (κ2) is 7.86. The summed E-state index contributed by atoms with van der Waals surface area (Å²) in [6.07, 6.45) is 2.80. The Morgan fingerprint density at radius 3 is 2.62 bits per heavy atom. The van der Waals surface area contributed by atoms with Crippen LogP contribution in [0.1, 0.15) is 17.7 Å². The van der Waals surface area contributed by atoms with Gasteiger partial charge in [0.2, 0.25) is 5.91 Å². The topological polar surface area (TPSA) is 33.2 Å². The smallest absolute Gasteiger partial charge is 0.226 e. The van der Waals surface area contributed by atoms with Gasteiger partial charge in [0.1, 0.15) is 5.69 Å². The Kier molecular flexibility index (Phi) is 5.54. The average Bonchev–Trinajstić information content (AvgIpc) is 2.53. The number of likely N-dealkylation sites (N-methyl/N-ethyl adjacent to an activating group) is 1. The first-order chi connectivity index (χ1) is 10.3. The number of rotatable bonds is 4. The second-order valence-electron chi connectivity index (χ2n) is 4.74. The SMILES string of the molecule is CN(CCC#Cc1ccccn1)C(=O)Cc1ccccc1. The van der Waals surface area contributed by atoms with Crippen LogP contribution in [0.2, 0.25) is 0 Å². The van der Waals surface area contributed by atoms with Crippen LogP contribution in [0, 0.1) is 11.8 Å². The van der Waals surface area contributed by atoms with E-state index in [1.807, 2.05) is 55.6 Å². The Morgan fingerprint density at radius 1 is 1.14 bits per heavy atom. The van der Waals surface area contributed by atoms with Crippen LogP contribution in [-0.2, 0) is 11.2 Å². The molecule has 2 aromatic rings. The van der Waals surface area contributed by atoms with Gasteiger partial charge < -0.3 is 4.90 Å². The molecular weight excluding hydrogens is 260 g/mol. The van der Waals surface area contributed by atoms with Crippen molar-refractivity contribution in [2.24, 2.45) is 0 Å². The van der Waals surface area contributed by atoms with E-state index in [-0.39, 0.29) is 5.91 Å². The van der Waals surface area contributed by atoms with Crippen LogP contribution in [0.4, 0.5) is 0 Å². The summed E-state index contributed by atoms with van der Waals surface area (Å²) >= 11 is 0. The third-order valence-electron chi connectivity index (χ3n) is 3.08. The monoisotopic (exact) mass is 278 g/mol. The maximum atomic E-state index is 12.0. The van der Waals surface area contributed by atoms with Crippen LogP contribution in [-0.4, -0.2) is 29.4 Å². The van der Waals surface area contributed by atoms with Gasteiger partial charge in [-0.15, -0.1) is 0 Å². The zero-order valence-electron chi connectivity index (χ0n) is 12.1. The molecule has 0 saturated heterocycles. The van der Waals surface area contributed by atoms with E-state index in [4.69, 9.17) is 0 Å². The van der Waals surface area contributed by atoms with Crippen molar-refractivity contribution in [3.8, 4) is 11.8 Å². The van der Waals surface area contributed by atoms with E-state index in [0.29, 0.717) is 19.4 Å². The van der Waals surface area contributed by atoms with Gasteiger partial charge in [-0.05, 0) is 23.6 Å². The summed E-state index contributed by atoms with van der Waals surface area (Å²) in [6.45, 7) is 0.630.